The summed E-state index contributed by atoms with van der Waals surface area (Å²) in [5.41, 5.74) is 0.216. The third kappa shape index (κ3) is 2.84. The quantitative estimate of drug-likeness (QED) is 0.831. The van der Waals surface area contributed by atoms with Gasteiger partial charge in [0.05, 0.1) is 5.39 Å². The van der Waals surface area contributed by atoms with Crippen molar-refractivity contribution < 1.29 is 19.7 Å². The molecule has 112 valence electrons. The lowest BCUT2D eigenvalue weighted by atomic mass is 10.2. The van der Waals surface area contributed by atoms with Gasteiger partial charge in [0.25, 0.3) is 0 Å². The van der Waals surface area contributed by atoms with Crippen LogP contribution in [0.3, 0.4) is 0 Å². The Morgan fingerprint density at radius 3 is 2.67 bits per heavy atom. The Morgan fingerprint density at radius 1 is 1.43 bits per heavy atom. The molecule has 0 bridgehead atoms. The second-order valence-corrected chi connectivity index (χ2v) is 5.70. The van der Waals surface area contributed by atoms with Crippen molar-refractivity contribution in [1.29, 1.82) is 0 Å². The highest BCUT2D eigenvalue weighted by Crippen LogP contribution is 2.35. The van der Waals surface area contributed by atoms with Crippen LogP contribution in [0.5, 0.6) is 11.8 Å². The zero-order valence-corrected chi connectivity index (χ0v) is 12.3. The highest BCUT2D eigenvalue weighted by molar-refractivity contribution is 5.95. The first-order chi connectivity index (χ1) is 9.74. The van der Waals surface area contributed by atoms with Gasteiger partial charge in [0, 0.05) is 6.20 Å². The van der Waals surface area contributed by atoms with E-state index in [4.69, 9.17) is 4.74 Å². The minimum absolute atomic E-state index is 0.145. The summed E-state index contributed by atoms with van der Waals surface area (Å²) < 4.78 is 5.86. The van der Waals surface area contributed by atoms with Crippen LogP contribution in [0.15, 0.2) is 24.9 Å². The molecular formula is C15H18N2O4. The van der Waals surface area contributed by atoms with Crippen LogP contribution in [0.1, 0.15) is 26.3 Å². The lowest BCUT2D eigenvalue weighted by Crippen LogP contribution is -2.26. The Labute approximate surface area is 122 Å². The highest BCUT2D eigenvalue weighted by atomic mass is 16.6. The van der Waals surface area contributed by atoms with Gasteiger partial charge in [-0.1, -0.05) is 6.08 Å². The fraction of sp³-hybridized carbons (Fsp3) is 0.333. The monoisotopic (exact) mass is 290 g/mol. The normalized spacial score (nSPS) is 11.6. The maximum atomic E-state index is 12.1. The fourth-order valence-corrected chi connectivity index (χ4v) is 1.94. The minimum atomic E-state index is -0.860. The molecule has 2 rings (SSSR count). The van der Waals surface area contributed by atoms with Gasteiger partial charge >= 0.3 is 6.09 Å². The number of nitrogens with zero attached hydrogens (tertiary/aromatic N) is 2. The van der Waals surface area contributed by atoms with Crippen molar-refractivity contribution in [2.45, 2.75) is 32.8 Å². The van der Waals surface area contributed by atoms with Crippen molar-refractivity contribution in [2.75, 3.05) is 0 Å². The van der Waals surface area contributed by atoms with Gasteiger partial charge in [0.1, 0.15) is 11.1 Å². The van der Waals surface area contributed by atoms with Crippen LogP contribution in [0, 0.1) is 0 Å². The molecular weight excluding hydrogens is 272 g/mol. The number of fused-ring (bicyclic) bond motifs is 1. The Bertz CT molecular complexity index is 711. The first-order valence-corrected chi connectivity index (χ1v) is 6.50. The zero-order chi connectivity index (χ0) is 15.8. The number of ether oxygens (including phenoxy) is 1. The van der Waals surface area contributed by atoms with E-state index in [-0.39, 0.29) is 10.9 Å². The molecule has 0 aliphatic rings. The molecule has 0 saturated carbocycles. The van der Waals surface area contributed by atoms with Gasteiger partial charge < -0.3 is 14.9 Å². The topological polar surface area (TPSA) is 84.6 Å². The van der Waals surface area contributed by atoms with Gasteiger partial charge in [-0.3, -0.25) is 4.98 Å². The first kappa shape index (κ1) is 14.9. The number of aromatic hydroxyl groups is 2. The smallest absolute Gasteiger partial charge is 0.424 e. The second kappa shape index (κ2) is 5.12. The largest absolute Gasteiger partial charge is 0.494 e. The summed E-state index contributed by atoms with van der Waals surface area (Å²) in [6, 6.07) is 1.65. The molecule has 0 aliphatic carbocycles. The van der Waals surface area contributed by atoms with Crippen molar-refractivity contribution in [1.82, 2.24) is 9.55 Å². The number of pyridine rings is 1. The summed E-state index contributed by atoms with van der Waals surface area (Å²) in [5, 5.41) is 20.5. The lowest BCUT2D eigenvalue weighted by molar-refractivity contribution is 0.0514. The molecule has 2 aromatic heterocycles. The molecule has 21 heavy (non-hydrogen) atoms. The van der Waals surface area contributed by atoms with Crippen LogP contribution in [-0.4, -0.2) is 31.5 Å². The molecule has 6 nitrogen and oxygen atoms in total. The van der Waals surface area contributed by atoms with E-state index in [0.717, 1.165) is 5.56 Å². The van der Waals surface area contributed by atoms with E-state index in [1.807, 2.05) is 0 Å². The molecule has 0 radical (unpaired) electrons. The van der Waals surface area contributed by atoms with E-state index in [9.17, 15) is 15.0 Å². The number of rotatable bonds is 2. The van der Waals surface area contributed by atoms with Gasteiger partial charge in [-0.15, -0.1) is 6.58 Å². The van der Waals surface area contributed by atoms with Crippen LogP contribution >= 0.6 is 0 Å². The zero-order valence-electron chi connectivity index (χ0n) is 12.3. The van der Waals surface area contributed by atoms with Crippen molar-refractivity contribution in [3.8, 4) is 11.8 Å². The van der Waals surface area contributed by atoms with Gasteiger partial charge in [-0.25, -0.2) is 4.79 Å². The molecule has 0 aliphatic heterocycles. The Kier molecular flexibility index (Phi) is 3.63. The third-order valence-corrected chi connectivity index (χ3v) is 2.78. The molecule has 0 unspecified atom stereocenters. The number of hydrogen-bond donors (Lipinski definition) is 2. The van der Waals surface area contributed by atoms with Crippen molar-refractivity contribution in [2.24, 2.45) is 0 Å². The Hall–Kier alpha value is -2.50. The van der Waals surface area contributed by atoms with Crippen LogP contribution in [-0.2, 0) is 11.2 Å². The first-order valence-electron chi connectivity index (χ1n) is 6.50. The van der Waals surface area contributed by atoms with Crippen LogP contribution in [0.2, 0.25) is 0 Å². The van der Waals surface area contributed by atoms with E-state index < -0.39 is 23.5 Å². The maximum Gasteiger partial charge on any atom is 0.424 e. The number of allylic oxidation sites excluding steroid dienone is 1. The summed E-state index contributed by atoms with van der Waals surface area (Å²) in [6.07, 6.45) is 2.97. The molecule has 2 aromatic rings. The molecule has 0 saturated heterocycles. The molecule has 6 heteroatoms. The number of carbonyl (C=O) groups is 1. The second-order valence-electron chi connectivity index (χ2n) is 5.70. The van der Waals surface area contributed by atoms with Crippen molar-refractivity contribution in [3.05, 3.63) is 30.5 Å². The number of aromatic nitrogens is 2. The van der Waals surface area contributed by atoms with Crippen LogP contribution < -0.4 is 0 Å². The van der Waals surface area contributed by atoms with E-state index >= 15 is 0 Å². The average Bonchev–Trinajstić information content (AvgIpc) is 2.60. The van der Waals surface area contributed by atoms with Crippen molar-refractivity contribution >= 4 is 17.0 Å². The lowest BCUT2D eigenvalue weighted by Gasteiger charge is -2.19. The highest BCUT2D eigenvalue weighted by Gasteiger charge is 2.26. The molecule has 0 amide bonds. The Morgan fingerprint density at radius 2 is 2.10 bits per heavy atom. The maximum absolute atomic E-state index is 12.1. The summed E-state index contributed by atoms with van der Waals surface area (Å²) >= 11 is 0. The molecule has 2 N–H and O–H groups in total. The molecule has 2 heterocycles. The van der Waals surface area contributed by atoms with E-state index in [2.05, 4.69) is 11.6 Å². The number of carbonyl (C=O) groups excluding carboxylic acids is 1. The van der Waals surface area contributed by atoms with Gasteiger partial charge in [-0.05, 0) is 38.8 Å². The number of hydrogen-bond acceptors (Lipinski definition) is 5. The molecule has 0 fully saturated rings. The standard InChI is InChI=1S/C15H18N2O4/c1-5-6-9-7-10-11(16-8-9)13(19)17(12(10)18)14(20)21-15(2,3)4/h5,7-8,18-19H,1,6H2,2-4H3. The van der Waals surface area contributed by atoms with Gasteiger partial charge in [0.15, 0.2) is 0 Å². The summed E-state index contributed by atoms with van der Waals surface area (Å²) in [7, 11) is 0. The van der Waals surface area contributed by atoms with Crippen molar-refractivity contribution in [3.63, 3.8) is 0 Å². The molecule has 0 aromatic carbocycles. The summed E-state index contributed by atoms with van der Waals surface area (Å²) in [6.45, 7) is 8.72. The van der Waals surface area contributed by atoms with E-state index in [1.165, 1.54) is 0 Å². The predicted molar refractivity (Wildman–Crippen MR) is 78.6 cm³/mol. The predicted octanol–water partition coefficient (Wildman–Crippen LogP) is 2.96. The third-order valence-electron chi connectivity index (χ3n) is 2.78. The van der Waals surface area contributed by atoms with E-state index in [0.29, 0.717) is 11.0 Å². The molecule has 0 atom stereocenters. The summed E-state index contributed by atoms with van der Waals surface area (Å²) in [4.78, 5) is 16.1. The molecule has 0 spiro atoms. The average molecular weight is 290 g/mol. The van der Waals surface area contributed by atoms with Gasteiger partial charge in [-0.2, -0.15) is 4.57 Å². The SMILES string of the molecule is C=CCc1cnc2c(O)n(C(=O)OC(C)(C)C)c(O)c2c1. The van der Waals surface area contributed by atoms with Gasteiger partial charge in [0.2, 0.25) is 11.8 Å². The van der Waals surface area contributed by atoms with Crippen LogP contribution in [0.25, 0.3) is 10.9 Å². The van der Waals surface area contributed by atoms with Crippen LogP contribution in [0.4, 0.5) is 4.79 Å². The fourth-order valence-electron chi connectivity index (χ4n) is 1.94. The summed E-state index contributed by atoms with van der Waals surface area (Å²) in [5.74, 6) is -0.836. The minimum Gasteiger partial charge on any atom is -0.494 e. The Balaban J connectivity index is 2.55. The van der Waals surface area contributed by atoms with E-state index in [1.54, 1.807) is 39.1 Å².